The van der Waals surface area contributed by atoms with E-state index in [0.29, 0.717) is 12.8 Å². The molecule has 0 atom stereocenters. The van der Waals surface area contributed by atoms with Gasteiger partial charge in [-0.3, -0.25) is 9.59 Å². The maximum Gasteiger partial charge on any atom is 0.261 e. The first-order valence-electron chi connectivity index (χ1n) is 10.4. The monoisotopic (exact) mass is 494 g/mol. The van der Waals surface area contributed by atoms with Crippen molar-refractivity contribution in [1.82, 2.24) is 10.6 Å². The summed E-state index contributed by atoms with van der Waals surface area (Å²) in [6.07, 6.45) is 3.07. The van der Waals surface area contributed by atoms with E-state index in [1.807, 2.05) is 0 Å². The molecule has 0 bridgehead atoms. The van der Waals surface area contributed by atoms with E-state index in [9.17, 15) is 50.8 Å². The highest BCUT2D eigenvalue weighted by Gasteiger charge is 2.13. The second-order valence-electron chi connectivity index (χ2n) is 7.37. The van der Waals surface area contributed by atoms with Gasteiger partial charge in [-0.1, -0.05) is 0 Å². The quantitative estimate of drug-likeness (QED) is 0.108. The summed E-state index contributed by atoms with van der Waals surface area (Å²) in [7, 11) is 0. The van der Waals surface area contributed by atoms with Crippen LogP contribution in [0.25, 0.3) is 12.2 Å². The predicted octanol–water partition coefficient (Wildman–Crippen LogP) is 1.45. The van der Waals surface area contributed by atoms with Crippen molar-refractivity contribution < 1.29 is 40.2 Å². The van der Waals surface area contributed by atoms with Gasteiger partial charge >= 0.3 is 0 Å². The molecule has 0 heterocycles. The highest BCUT2D eigenvalue weighted by Crippen LogP contribution is 2.36. The molecule has 2 aromatic rings. The number of amides is 2. The van der Waals surface area contributed by atoms with Crippen LogP contribution in [0.3, 0.4) is 0 Å². The molecule has 12 heteroatoms. The van der Waals surface area contributed by atoms with Gasteiger partial charge in [-0.2, -0.15) is 10.5 Å². The molecule has 0 aliphatic rings. The molecule has 8 N–H and O–H groups in total. The molecule has 0 saturated carbocycles. The minimum absolute atomic E-state index is 0.122. The van der Waals surface area contributed by atoms with Crippen LogP contribution in [0.4, 0.5) is 0 Å². The molecule has 186 valence electrons. The number of hydrogen-bond acceptors (Lipinski definition) is 10. The fourth-order valence-corrected chi connectivity index (χ4v) is 2.89. The summed E-state index contributed by atoms with van der Waals surface area (Å²) in [5, 5.41) is 80.2. The summed E-state index contributed by atoms with van der Waals surface area (Å²) in [6, 6.07) is 7.68. The minimum atomic E-state index is -0.724. The molecule has 0 fully saturated rings. The van der Waals surface area contributed by atoms with Gasteiger partial charge in [-0.15, -0.1) is 0 Å². The van der Waals surface area contributed by atoms with E-state index in [-0.39, 0.29) is 35.4 Å². The average molecular weight is 494 g/mol. The lowest BCUT2D eigenvalue weighted by Gasteiger charge is -2.07. The van der Waals surface area contributed by atoms with Gasteiger partial charge in [-0.05, 0) is 60.4 Å². The molecule has 12 nitrogen and oxygen atoms in total. The number of unbranched alkanes of at least 4 members (excludes halogenated alkanes) is 1. The highest BCUT2D eigenvalue weighted by atomic mass is 16.3. The lowest BCUT2D eigenvalue weighted by atomic mass is 10.1. The Balaban J connectivity index is 1.84. The number of rotatable bonds is 9. The van der Waals surface area contributed by atoms with Crippen LogP contribution < -0.4 is 10.6 Å². The van der Waals surface area contributed by atoms with Crippen LogP contribution in [-0.2, 0) is 9.59 Å². The maximum absolute atomic E-state index is 12.2. The van der Waals surface area contributed by atoms with Crippen molar-refractivity contribution >= 4 is 24.0 Å². The van der Waals surface area contributed by atoms with E-state index in [2.05, 4.69) is 10.6 Å². The zero-order valence-corrected chi connectivity index (χ0v) is 18.7. The number of aromatic hydroxyl groups is 6. The summed E-state index contributed by atoms with van der Waals surface area (Å²) in [4.78, 5) is 24.4. The van der Waals surface area contributed by atoms with E-state index in [1.54, 1.807) is 12.1 Å². The van der Waals surface area contributed by atoms with Gasteiger partial charge in [0.05, 0.1) is 0 Å². The van der Waals surface area contributed by atoms with Crippen LogP contribution in [0, 0.1) is 22.7 Å². The van der Waals surface area contributed by atoms with Crippen molar-refractivity contribution in [3.63, 3.8) is 0 Å². The highest BCUT2D eigenvalue weighted by molar-refractivity contribution is 6.02. The molecule has 2 aromatic carbocycles. The Morgan fingerprint density at radius 1 is 0.667 bits per heavy atom. The zero-order valence-electron chi connectivity index (χ0n) is 18.7. The minimum Gasteiger partial charge on any atom is -0.504 e. The van der Waals surface area contributed by atoms with Crippen molar-refractivity contribution in [2.75, 3.05) is 13.1 Å². The van der Waals surface area contributed by atoms with Crippen LogP contribution in [0.1, 0.15) is 24.0 Å². The maximum atomic E-state index is 12.2. The Hall–Kier alpha value is -5.36. The number of carbonyl (C=O) groups is 2. The fraction of sp³-hybridized carbons (Fsp3) is 0.167. The SMILES string of the molecule is N#C/C(=C\c1cc(O)c(O)c(O)c1)C(=O)NCCCCNC(=O)/C(C#N)=C/c1cc(O)c(O)c(O)c1. The van der Waals surface area contributed by atoms with E-state index < -0.39 is 46.3 Å². The first-order chi connectivity index (χ1) is 17.1. The Morgan fingerprint density at radius 2 is 0.972 bits per heavy atom. The molecule has 0 aromatic heterocycles. The summed E-state index contributed by atoms with van der Waals surface area (Å²) < 4.78 is 0. The third-order valence-electron chi connectivity index (χ3n) is 4.71. The summed E-state index contributed by atoms with van der Waals surface area (Å²) in [6.45, 7) is 0.319. The Morgan fingerprint density at radius 3 is 1.25 bits per heavy atom. The molecule has 0 spiro atoms. The summed E-state index contributed by atoms with van der Waals surface area (Å²) in [5.74, 6) is -5.32. The number of carbonyl (C=O) groups excluding carboxylic acids is 2. The number of phenolic OH excluding ortho intramolecular Hbond substituents is 6. The van der Waals surface area contributed by atoms with Gasteiger partial charge < -0.3 is 41.3 Å². The van der Waals surface area contributed by atoms with Crippen molar-refractivity contribution in [3.8, 4) is 46.6 Å². The van der Waals surface area contributed by atoms with Gasteiger partial charge in [0.2, 0.25) is 0 Å². The van der Waals surface area contributed by atoms with E-state index in [0.717, 1.165) is 36.4 Å². The number of benzene rings is 2. The van der Waals surface area contributed by atoms with E-state index in [4.69, 9.17) is 0 Å². The van der Waals surface area contributed by atoms with E-state index in [1.165, 1.54) is 0 Å². The molecule has 0 radical (unpaired) electrons. The van der Waals surface area contributed by atoms with Gasteiger partial charge in [0, 0.05) is 13.1 Å². The van der Waals surface area contributed by atoms with Crippen molar-refractivity contribution in [1.29, 1.82) is 10.5 Å². The fourth-order valence-electron chi connectivity index (χ4n) is 2.89. The van der Waals surface area contributed by atoms with Gasteiger partial charge in [0.15, 0.2) is 34.5 Å². The Kier molecular flexibility index (Phi) is 9.11. The van der Waals surface area contributed by atoms with Crippen molar-refractivity contribution in [2.45, 2.75) is 12.8 Å². The molecule has 36 heavy (non-hydrogen) atoms. The number of nitrogens with one attached hydrogen (secondary N) is 2. The molecule has 0 saturated heterocycles. The second kappa shape index (κ2) is 12.2. The Labute approximate surface area is 204 Å². The number of hydrogen-bond donors (Lipinski definition) is 8. The largest absolute Gasteiger partial charge is 0.504 e. The van der Waals surface area contributed by atoms with Crippen LogP contribution in [0.15, 0.2) is 35.4 Å². The standard InChI is InChI=1S/C24H22N4O8/c25-11-15(5-13-7-17(29)21(33)18(30)8-13)23(35)27-3-1-2-4-28-24(36)16(12-26)6-14-9-19(31)22(34)20(32)10-14/h5-10,29-34H,1-4H2,(H,27,35)(H,28,36)/b15-5+,16-6+. The summed E-state index contributed by atoms with van der Waals surface area (Å²) in [5.41, 5.74) is -0.363. The smallest absolute Gasteiger partial charge is 0.261 e. The third kappa shape index (κ3) is 7.07. The molecule has 2 rings (SSSR count). The number of nitrogens with zero attached hydrogens (tertiary/aromatic N) is 2. The molecular weight excluding hydrogens is 472 g/mol. The molecule has 2 amide bonds. The first-order valence-corrected chi connectivity index (χ1v) is 10.4. The number of nitriles is 2. The molecule has 0 unspecified atom stereocenters. The Bertz CT molecular complexity index is 1170. The molecule has 0 aliphatic carbocycles. The molecule has 0 aliphatic heterocycles. The molecular formula is C24H22N4O8. The van der Waals surface area contributed by atoms with Crippen LogP contribution in [-0.4, -0.2) is 55.5 Å². The van der Waals surface area contributed by atoms with E-state index >= 15 is 0 Å². The van der Waals surface area contributed by atoms with Crippen LogP contribution in [0.2, 0.25) is 0 Å². The topological polar surface area (TPSA) is 227 Å². The van der Waals surface area contributed by atoms with Crippen LogP contribution in [0.5, 0.6) is 34.5 Å². The second-order valence-corrected chi connectivity index (χ2v) is 7.37. The van der Waals surface area contributed by atoms with Gasteiger partial charge in [0.1, 0.15) is 23.3 Å². The lowest BCUT2D eigenvalue weighted by molar-refractivity contribution is -0.118. The lowest BCUT2D eigenvalue weighted by Crippen LogP contribution is -2.28. The van der Waals surface area contributed by atoms with Gasteiger partial charge in [-0.25, -0.2) is 0 Å². The third-order valence-corrected chi connectivity index (χ3v) is 4.71. The van der Waals surface area contributed by atoms with Crippen molar-refractivity contribution in [2.24, 2.45) is 0 Å². The number of phenols is 6. The zero-order chi connectivity index (χ0) is 26.8. The average Bonchev–Trinajstić information content (AvgIpc) is 2.84. The first kappa shape index (κ1) is 26.9. The van der Waals surface area contributed by atoms with Crippen molar-refractivity contribution in [3.05, 3.63) is 46.5 Å². The van der Waals surface area contributed by atoms with Crippen LogP contribution >= 0.6 is 0 Å². The normalized spacial score (nSPS) is 11.3. The van der Waals surface area contributed by atoms with Gasteiger partial charge in [0.25, 0.3) is 11.8 Å². The summed E-state index contributed by atoms with van der Waals surface area (Å²) >= 11 is 0. The predicted molar refractivity (Wildman–Crippen MR) is 125 cm³/mol.